The highest BCUT2D eigenvalue weighted by molar-refractivity contribution is 5.76. The molecule has 2 aliphatic heterocycles. The first kappa shape index (κ1) is 96.3. The van der Waals surface area contributed by atoms with Gasteiger partial charge in [0.05, 0.1) is 32.0 Å². The Bertz CT molecular complexity index is 1850. The molecule has 0 radical (unpaired) electrons. The van der Waals surface area contributed by atoms with Gasteiger partial charge in [0.1, 0.15) is 48.8 Å². The highest BCUT2D eigenvalue weighted by Crippen LogP contribution is 2.31. The largest absolute Gasteiger partial charge is 0.394 e. The summed E-state index contributed by atoms with van der Waals surface area (Å²) in [5.41, 5.74) is 0. The van der Waals surface area contributed by atoms with Gasteiger partial charge in [0.15, 0.2) is 12.6 Å². The van der Waals surface area contributed by atoms with E-state index in [-0.39, 0.29) is 18.9 Å². The van der Waals surface area contributed by atoms with Crippen molar-refractivity contribution in [2.75, 3.05) is 19.8 Å². The molecule has 102 heavy (non-hydrogen) atoms. The van der Waals surface area contributed by atoms with Crippen LogP contribution in [0.3, 0.4) is 0 Å². The maximum atomic E-state index is 13.4. The van der Waals surface area contributed by atoms with E-state index in [4.69, 9.17) is 18.9 Å². The average Bonchev–Trinajstić information content (AvgIpc) is 0.790. The van der Waals surface area contributed by atoms with Gasteiger partial charge in [-0.1, -0.05) is 410 Å². The molecule has 2 saturated heterocycles. The van der Waals surface area contributed by atoms with Gasteiger partial charge < -0.3 is 65.1 Å². The Labute approximate surface area is 627 Å². The van der Waals surface area contributed by atoms with Crippen LogP contribution in [-0.4, -0.2) is 140 Å². The molecular formula is C88H167NO13. The van der Waals surface area contributed by atoms with Crippen LogP contribution < -0.4 is 5.32 Å². The average molecular weight is 1450 g/mol. The van der Waals surface area contributed by atoms with Crippen molar-refractivity contribution in [2.45, 2.75) is 498 Å². The summed E-state index contributed by atoms with van der Waals surface area (Å²) in [5, 5.41) is 87.8. The number of amides is 1. The molecule has 0 saturated carbocycles. The predicted octanol–water partition coefficient (Wildman–Crippen LogP) is 21.1. The Morgan fingerprint density at radius 1 is 0.343 bits per heavy atom. The van der Waals surface area contributed by atoms with Gasteiger partial charge >= 0.3 is 0 Å². The van der Waals surface area contributed by atoms with Gasteiger partial charge in [-0.15, -0.1) is 0 Å². The Balaban J connectivity index is 1.59. The van der Waals surface area contributed by atoms with Crippen LogP contribution in [0.4, 0.5) is 0 Å². The van der Waals surface area contributed by atoms with E-state index in [1.54, 1.807) is 6.08 Å². The number of carbonyl (C=O) groups excluding carboxylic acids is 1. The van der Waals surface area contributed by atoms with E-state index in [2.05, 4.69) is 43.5 Å². The minimum absolute atomic E-state index is 0.244. The fourth-order valence-electron chi connectivity index (χ4n) is 14.9. The number of aliphatic hydroxyl groups is 8. The number of ether oxygens (including phenoxy) is 4. The van der Waals surface area contributed by atoms with Crippen molar-refractivity contribution in [1.29, 1.82) is 0 Å². The molecule has 14 heteroatoms. The topological polar surface area (TPSA) is 228 Å². The summed E-state index contributed by atoms with van der Waals surface area (Å²) in [7, 11) is 0. The lowest BCUT2D eigenvalue weighted by molar-refractivity contribution is -0.359. The van der Waals surface area contributed by atoms with E-state index in [1.807, 2.05) is 6.08 Å². The second-order valence-electron chi connectivity index (χ2n) is 31.4. The van der Waals surface area contributed by atoms with Gasteiger partial charge in [0.2, 0.25) is 5.91 Å². The zero-order valence-electron chi connectivity index (χ0n) is 66.4. The van der Waals surface area contributed by atoms with E-state index in [0.717, 1.165) is 44.9 Å². The van der Waals surface area contributed by atoms with Crippen LogP contribution in [-0.2, 0) is 23.7 Å². The molecule has 0 spiro atoms. The molecule has 2 aliphatic rings. The van der Waals surface area contributed by atoms with Gasteiger partial charge in [0.25, 0.3) is 0 Å². The molecule has 14 nitrogen and oxygen atoms in total. The molecule has 0 aliphatic carbocycles. The van der Waals surface area contributed by atoms with Crippen LogP contribution in [0.15, 0.2) is 36.5 Å². The van der Waals surface area contributed by atoms with Crippen LogP contribution in [0.25, 0.3) is 0 Å². The first-order valence-corrected chi connectivity index (χ1v) is 44.2. The maximum absolute atomic E-state index is 13.4. The Morgan fingerprint density at radius 2 is 0.627 bits per heavy atom. The quantitative estimate of drug-likeness (QED) is 0.0204. The van der Waals surface area contributed by atoms with Crippen molar-refractivity contribution in [3.63, 3.8) is 0 Å². The molecule has 602 valence electrons. The highest BCUT2D eigenvalue weighted by Gasteiger charge is 2.51. The second-order valence-corrected chi connectivity index (χ2v) is 31.4. The summed E-state index contributed by atoms with van der Waals surface area (Å²) in [6.07, 6.45) is 79.9. The fourth-order valence-corrected chi connectivity index (χ4v) is 14.9. The maximum Gasteiger partial charge on any atom is 0.220 e. The number of hydrogen-bond acceptors (Lipinski definition) is 13. The van der Waals surface area contributed by atoms with Crippen molar-refractivity contribution >= 4 is 5.91 Å². The summed E-state index contributed by atoms with van der Waals surface area (Å²) < 4.78 is 22.9. The zero-order valence-corrected chi connectivity index (χ0v) is 66.4. The minimum atomic E-state index is -1.79. The lowest BCUT2D eigenvalue weighted by Crippen LogP contribution is -2.65. The van der Waals surface area contributed by atoms with Gasteiger partial charge in [0, 0.05) is 6.42 Å². The monoisotopic (exact) mass is 1450 g/mol. The summed E-state index contributed by atoms with van der Waals surface area (Å²) in [5.74, 6) is -0.244. The summed E-state index contributed by atoms with van der Waals surface area (Å²) >= 11 is 0. The summed E-state index contributed by atoms with van der Waals surface area (Å²) in [4.78, 5) is 13.4. The molecule has 0 aromatic heterocycles. The minimum Gasteiger partial charge on any atom is -0.394 e. The van der Waals surface area contributed by atoms with E-state index in [1.165, 1.54) is 347 Å². The number of nitrogens with one attached hydrogen (secondary N) is 1. The van der Waals surface area contributed by atoms with Crippen LogP contribution in [0.5, 0.6) is 0 Å². The molecule has 2 heterocycles. The third-order valence-electron chi connectivity index (χ3n) is 21.8. The van der Waals surface area contributed by atoms with Crippen LogP contribution in [0.2, 0.25) is 0 Å². The zero-order chi connectivity index (χ0) is 73.7. The molecule has 2 fully saturated rings. The fraction of sp³-hybridized carbons (Fsp3) is 0.920. The SMILES string of the molecule is CCCCCCCCCCCCCCCCCCCCCCCCC/C=C/CC/C=C/CC/C=C/C(O)C(COC1OC(CO)C(OC2OC(CO)C(O)C(O)C2O)C(O)C1O)NC(=O)CCCCCCCCCCCCCCCCCCCCCCCCCCCCCCCCCCCCC. The van der Waals surface area contributed by atoms with Crippen molar-refractivity contribution in [1.82, 2.24) is 5.32 Å². The van der Waals surface area contributed by atoms with Crippen molar-refractivity contribution in [2.24, 2.45) is 0 Å². The first-order valence-electron chi connectivity index (χ1n) is 44.2. The van der Waals surface area contributed by atoms with Gasteiger partial charge in [-0.25, -0.2) is 0 Å². The number of rotatable bonds is 76. The van der Waals surface area contributed by atoms with Crippen molar-refractivity contribution < 1.29 is 64.6 Å². The molecule has 12 unspecified atom stereocenters. The summed E-state index contributed by atoms with van der Waals surface area (Å²) in [6.45, 7) is 2.86. The van der Waals surface area contributed by atoms with Gasteiger partial charge in [-0.2, -0.15) is 0 Å². The van der Waals surface area contributed by atoms with Crippen LogP contribution in [0.1, 0.15) is 425 Å². The van der Waals surface area contributed by atoms with E-state index >= 15 is 0 Å². The number of allylic oxidation sites excluding steroid dienone is 5. The van der Waals surface area contributed by atoms with Crippen LogP contribution in [0, 0.1) is 0 Å². The number of hydrogen-bond donors (Lipinski definition) is 9. The third-order valence-corrected chi connectivity index (χ3v) is 21.8. The second kappa shape index (κ2) is 72.1. The third kappa shape index (κ3) is 53.9. The Kier molecular flexibility index (Phi) is 68.1. The molecule has 0 aromatic carbocycles. The van der Waals surface area contributed by atoms with Gasteiger partial charge in [-0.3, -0.25) is 4.79 Å². The van der Waals surface area contributed by atoms with Gasteiger partial charge in [-0.05, 0) is 44.9 Å². The first-order chi connectivity index (χ1) is 50.1. The number of aliphatic hydroxyl groups excluding tert-OH is 8. The normalized spacial score (nSPS) is 21.7. The van der Waals surface area contributed by atoms with E-state index < -0.39 is 86.8 Å². The van der Waals surface area contributed by atoms with Crippen LogP contribution >= 0.6 is 0 Å². The van der Waals surface area contributed by atoms with Crippen molar-refractivity contribution in [3.8, 4) is 0 Å². The lowest BCUT2D eigenvalue weighted by atomic mass is 9.97. The molecule has 2 rings (SSSR count). The number of carbonyl (C=O) groups is 1. The molecule has 9 N–H and O–H groups in total. The predicted molar refractivity (Wildman–Crippen MR) is 425 cm³/mol. The molecule has 0 aromatic rings. The highest BCUT2D eigenvalue weighted by atomic mass is 16.7. The Morgan fingerprint density at radius 3 is 0.961 bits per heavy atom. The molecule has 1 amide bonds. The molecule has 0 bridgehead atoms. The standard InChI is InChI=1S/C88H167NO13/c1-3-5-7-9-11-13-15-17-19-21-23-25-27-29-31-33-35-37-38-40-42-44-46-48-50-52-54-56-58-60-62-64-66-68-70-72-80(93)89-76(75-99-87-85(98)83(96)86(79(74-91)101-87)102-88-84(97)82(95)81(94)78(73-90)100-88)77(92)71-69-67-65-63-61-59-57-55-53-51-49-47-45-43-41-39-36-34-32-30-28-26-24-22-20-18-16-14-12-10-8-6-4-2/h53,55,61,63,69,71,76-79,81-88,90-92,94-98H,3-52,54,56-60,62,64-68,70,72-75H2,1-2H3,(H,89,93)/b55-53+,63-61+,71-69+. The van der Waals surface area contributed by atoms with E-state index in [0.29, 0.717) is 12.8 Å². The number of unbranched alkanes of at least 4 members (excludes halogenated alkanes) is 59. The van der Waals surface area contributed by atoms with Crippen molar-refractivity contribution in [3.05, 3.63) is 36.5 Å². The van der Waals surface area contributed by atoms with E-state index in [9.17, 15) is 45.6 Å². The summed E-state index contributed by atoms with van der Waals surface area (Å²) in [6, 6.07) is -0.939. The lowest BCUT2D eigenvalue weighted by Gasteiger charge is -2.46. The molecule has 12 atom stereocenters. The molecular weight excluding hydrogens is 1280 g/mol. The Hall–Kier alpha value is -1.79. The smallest absolute Gasteiger partial charge is 0.220 e.